The zero-order valence-corrected chi connectivity index (χ0v) is 12.6. The maximum atomic E-state index is 6.03. The fourth-order valence-electron chi connectivity index (χ4n) is 1.73. The highest BCUT2D eigenvalue weighted by Gasteiger charge is 2.09. The van der Waals surface area contributed by atoms with Gasteiger partial charge in [-0.1, -0.05) is 11.6 Å². The van der Waals surface area contributed by atoms with Crippen LogP contribution >= 0.6 is 11.6 Å². The van der Waals surface area contributed by atoms with E-state index in [0.29, 0.717) is 35.6 Å². The van der Waals surface area contributed by atoms with Crippen molar-refractivity contribution in [1.82, 2.24) is 9.97 Å². The predicted octanol–water partition coefficient (Wildman–Crippen LogP) is 3.25. The van der Waals surface area contributed by atoms with Crippen LogP contribution in [0.1, 0.15) is 13.8 Å². The molecular weight excluding hydrogens is 292 g/mol. The van der Waals surface area contributed by atoms with Gasteiger partial charge in [-0.3, -0.25) is 0 Å². The molecule has 0 fully saturated rings. The quantitative estimate of drug-likeness (QED) is 0.852. The second-order valence-corrected chi connectivity index (χ2v) is 4.48. The number of halogens is 1. The van der Waals surface area contributed by atoms with E-state index in [1.54, 1.807) is 0 Å². The number of hydrogen-bond acceptors (Lipinski definition) is 6. The summed E-state index contributed by atoms with van der Waals surface area (Å²) in [4.78, 5) is 7.87. The smallest absolute Gasteiger partial charge is 0.222 e. The molecule has 2 aromatic rings. The van der Waals surface area contributed by atoms with Gasteiger partial charge in [0.1, 0.15) is 5.02 Å². The molecule has 0 radical (unpaired) electrons. The van der Waals surface area contributed by atoms with E-state index in [9.17, 15) is 0 Å². The molecule has 0 saturated heterocycles. The third-order valence-corrected chi connectivity index (χ3v) is 2.85. The molecule has 0 atom stereocenters. The molecule has 7 heteroatoms. The SMILES string of the molecule is CCOc1ccc(Nc2nc(N)ncc2Cl)cc1OCC. The summed E-state index contributed by atoms with van der Waals surface area (Å²) in [6, 6.07) is 5.50. The molecule has 0 saturated carbocycles. The lowest BCUT2D eigenvalue weighted by molar-refractivity contribution is 0.288. The van der Waals surface area contributed by atoms with Crippen molar-refractivity contribution in [3.63, 3.8) is 0 Å². The summed E-state index contributed by atoms with van der Waals surface area (Å²) in [6.07, 6.45) is 1.45. The molecule has 1 aromatic heterocycles. The first-order valence-corrected chi connectivity index (χ1v) is 6.96. The van der Waals surface area contributed by atoms with Crippen molar-refractivity contribution >= 4 is 29.1 Å². The van der Waals surface area contributed by atoms with Gasteiger partial charge in [-0.05, 0) is 26.0 Å². The molecule has 21 heavy (non-hydrogen) atoms. The number of nitrogens with one attached hydrogen (secondary N) is 1. The molecule has 0 bridgehead atoms. The molecule has 112 valence electrons. The number of nitrogens with zero attached hydrogens (tertiary/aromatic N) is 2. The van der Waals surface area contributed by atoms with Gasteiger partial charge < -0.3 is 20.5 Å². The van der Waals surface area contributed by atoms with Gasteiger partial charge in [-0.25, -0.2) is 4.98 Å². The Morgan fingerprint density at radius 1 is 1.19 bits per heavy atom. The van der Waals surface area contributed by atoms with E-state index in [2.05, 4.69) is 15.3 Å². The summed E-state index contributed by atoms with van der Waals surface area (Å²) in [5, 5.41) is 3.47. The van der Waals surface area contributed by atoms with Crippen LogP contribution < -0.4 is 20.5 Å². The Hall–Kier alpha value is -2.21. The molecule has 1 aromatic carbocycles. The highest BCUT2D eigenvalue weighted by molar-refractivity contribution is 6.32. The maximum absolute atomic E-state index is 6.03. The number of hydrogen-bond donors (Lipinski definition) is 2. The summed E-state index contributed by atoms with van der Waals surface area (Å²) in [7, 11) is 0. The van der Waals surface area contributed by atoms with Gasteiger partial charge in [0, 0.05) is 11.8 Å². The van der Waals surface area contributed by atoms with Gasteiger partial charge in [-0.2, -0.15) is 4.98 Å². The minimum Gasteiger partial charge on any atom is -0.490 e. The van der Waals surface area contributed by atoms with Crippen LogP contribution in [0, 0.1) is 0 Å². The summed E-state index contributed by atoms with van der Waals surface area (Å²) in [6.45, 7) is 4.95. The Bertz CT molecular complexity index is 622. The van der Waals surface area contributed by atoms with E-state index < -0.39 is 0 Å². The Morgan fingerprint density at radius 2 is 1.90 bits per heavy atom. The standard InChI is InChI=1S/C14H17ClN4O2/c1-3-20-11-6-5-9(7-12(11)21-4-2)18-13-10(15)8-17-14(16)19-13/h5-8H,3-4H2,1-2H3,(H3,16,17,18,19). The summed E-state index contributed by atoms with van der Waals surface area (Å²) in [5.74, 6) is 1.94. The van der Waals surface area contributed by atoms with Crippen molar-refractivity contribution in [3.05, 3.63) is 29.4 Å². The zero-order valence-electron chi connectivity index (χ0n) is 11.9. The first-order valence-electron chi connectivity index (χ1n) is 6.58. The fraction of sp³-hybridized carbons (Fsp3) is 0.286. The van der Waals surface area contributed by atoms with Gasteiger partial charge in [0.15, 0.2) is 17.3 Å². The Kier molecular flexibility index (Phi) is 5.05. The van der Waals surface area contributed by atoms with Gasteiger partial charge in [0.05, 0.1) is 19.4 Å². The minimum absolute atomic E-state index is 0.151. The average molecular weight is 309 g/mol. The first-order chi connectivity index (χ1) is 10.1. The van der Waals surface area contributed by atoms with E-state index in [-0.39, 0.29) is 5.95 Å². The third kappa shape index (κ3) is 3.88. The molecule has 2 rings (SSSR count). The van der Waals surface area contributed by atoms with Crippen LogP contribution in [0.5, 0.6) is 11.5 Å². The Balaban J connectivity index is 2.27. The molecular formula is C14H17ClN4O2. The van der Waals surface area contributed by atoms with Gasteiger partial charge in [0.25, 0.3) is 0 Å². The van der Waals surface area contributed by atoms with Crippen LogP contribution in [0.4, 0.5) is 17.5 Å². The second kappa shape index (κ2) is 6.99. The maximum Gasteiger partial charge on any atom is 0.222 e. The number of nitrogen functional groups attached to an aromatic ring is 1. The first kappa shape index (κ1) is 15.2. The van der Waals surface area contributed by atoms with E-state index in [1.165, 1.54) is 6.20 Å². The van der Waals surface area contributed by atoms with Crippen LogP contribution in [0.3, 0.4) is 0 Å². The van der Waals surface area contributed by atoms with Crippen molar-refractivity contribution in [3.8, 4) is 11.5 Å². The highest BCUT2D eigenvalue weighted by atomic mass is 35.5. The Labute approximate surface area is 128 Å². The number of anilines is 3. The number of nitrogens with two attached hydrogens (primary N) is 1. The highest BCUT2D eigenvalue weighted by Crippen LogP contribution is 2.32. The third-order valence-electron chi connectivity index (χ3n) is 2.57. The molecule has 0 spiro atoms. The summed E-state index contributed by atoms with van der Waals surface area (Å²) in [5.41, 5.74) is 6.32. The van der Waals surface area contributed by atoms with Crippen LogP contribution in [0.25, 0.3) is 0 Å². The summed E-state index contributed by atoms with van der Waals surface area (Å²) < 4.78 is 11.1. The predicted molar refractivity (Wildman–Crippen MR) is 83.5 cm³/mol. The molecule has 0 unspecified atom stereocenters. The summed E-state index contributed by atoms with van der Waals surface area (Å²) >= 11 is 6.03. The zero-order chi connectivity index (χ0) is 15.2. The van der Waals surface area contributed by atoms with E-state index in [0.717, 1.165) is 5.69 Å². The molecule has 0 amide bonds. The second-order valence-electron chi connectivity index (χ2n) is 4.08. The number of aromatic nitrogens is 2. The largest absolute Gasteiger partial charge is 0.490 e. The van der Waals surface area contributed by atoms with Crippen molar-refractivity contribution < 1.29 is 9.47 Å². The van der Waals surface area contributed by atoms with Crippen molar-refractivity contribution in [2.75, 3.05) is 24.3 Å². The normalized spacial score (nSPS) is 10.2. The fourth-order valence-corrected chi connectivity index (χ4v) is 1.87. The topological polar surface area (TPSA) is 82.3 Å². The monoisotopic (exact) mass is 308 g/mol. The molecule has 1 heterocycles. The minimum atomic E-state index is 0.151. The lowest BCUT2D eigenvalue weighted by Crippen LogP contribution is -2.02. The lowest BCUT2D eigenvalue weighted by atomic mass is 10.2. The number of rotatable bonds is 6. The van der Waals surface area contributed by atoms with Gasteiger partial charge in [0.2, 0.25) is 5.95 Å². The average Bonchev–Trinajstić information content (AvgIpc) is 2.46. The van der Waals surface area contributed by atoms with Crippen LogP contribution in [0.15, 0.2) is 24.4 Å². The van der Waals surface area contributed by atoms with E-state index >= 15 is 0 Å². The number of ether oxygens (including phenoxy) is 2. The van der Waals surface area contributed by atoms with E-state index in [1.807, 2.05) is 32.0 Å². The van der Waals surface area contributed by atoms with Crippen molar-refractivity contribution in [2.45, 2.75) is 13.8 Å². The van der Waals surface area contributed by atoms with Crippen molar-refractivity contribution in [1.29, 1.82) is 0 Å². The van der Waals surface area contributed by atoms with Crippen LogP contribution in [-0.4, -0.2) is 23.2 Å². The molecule has 0 aliphatic carbocycles. The van der Waals surface area contributed by atoms with Crippen molar-refractivity contribution in [2.24, 2.45) is 0 Å². The molecule has 0 aliphatic heterocycles. The van der Waals surface area contributed by atoms with Gasteiger partial charge in [-0.15, -0.1) is 0 Å². The molecule has 3 N–H and O–H groups in total. The van der Waals surface area contributed by atoms with Crippen LogP contribution in [0.2, 0.25) is 5.02 Å². The molecule has 0 aliphatic rings. The lowest BCUT2D eigenvalue weighted by Gasteiger charge is -2.13. The number of benzene rings is 1. The van der Waals surface area contributed by atoms with E-state index in [4.69, 9.17) is 26.8 Å². The Morgan fingerprint density at radius 3 is 2.62 bits per heavy atom. The van der Waals surface area contributed by atoms with Crippen LogP contribution in [-0.2, 0) is 0 Å². The van der Waals surface area contributed by atoms with Gasteiger partial charge >= 0.3 is 0 Å². The molecule has 6 nitrogen and oxygen atoms in total.